The molecule has 18 heavy (non-hydrogen) atoms. The normalized spacial score (nSPS) is 27.2. The van der Waals surface area contributed by atoms with E-state index in [0.29, 0.717) is 0 Å². The van der Waals surface area contributed by atoms with Crippen LogP contribution in [0.4, 0.5) is 0 Å². The van der Waals surface area contributed by atoms with Crippen molar-refractivity contribution in [2.24, 2.45) is 0 Å². The Balaban J connectivity index is 1.96. The molecule has 0 saturated carbocycles. The van der Waals surface area contributed by atoms with Crippen LogP contribution in [0.5, 0.6) is 0 Å². The Morgan fingerprint density at radius 2 is 1.11 bits per heavy atom. The fraction of sp³-hybridized carbons (Fsp3) is 0.143. The minimum absolute atomic E-state index is 0.281. The van der Waals surface area contributed by atoms with Crippen molar-refractivity contribution in [1.82, 2.24) is 0 Å². The third-order valence-corrected chi connectivity index (χ3v) is 4.43. The van der Waals surface area contributed by atoms with Gasteiger partial charge in [-0.1, -0.05) is 0 Å². The molecule has 1 aliphatic heterocycles. The average molecular weight is 307 g/mol. The van der Waals surface area contributed by atoms with Crippen LogP contribution >= 0.6 is 0 Å². The number of hydrogen-bond acceptors (Lipinski definition) is 3. The van der Waals surface area contributed by atoms with E-state index >= 15 is 0 Å². The fourth-order valence-corrected chi connectivity index (χ4v) is 3.73. The van der Waals surface area contributed by atoms with E-state index in [0.717, 1.165) is 11.1 Å². The van der Waals surface area contributed by atoms with Crippen molar-refractivity contribution in [1.29, 1.82) is 0 Å². The topological polar surface area (TPSA) is 35.5 Å². The Labute approximate surface area is 110 Å². The van der Waals surface area contributed by atoms with E-state index in [1.165, 1.54) is 0 Å². The molecule has 2 aromatic rings. The summed E-state index contributed by atoms with van der Waals surface area (Å²) in [5.41, 5.74) is 1.99. The number of rotatable bonds is 2. The Bertz CT molecular complexity index is 492. The van der Waals surface area contributed by atoms with Crippen LogP contribution in [0.15, 0.2) is 60.7 Å². The van der Waals surface area contributed by atoms with Crippen LogP contribution in [0.1, 0.15) is 23.3 Å². The molecule has 3 nitrogen and oxygen atoms in total. The Hall–Kier alpha value is -1.32. The van der Waals surface area contributed by atoms with Gasteiger partial charge < -0.3 is 0 Å². The summed E-state index contributed by atoms with van der Waals surface area (Å²) >= 11 is -2.62. The third-order valence-electron chi connectivity index (χ3n) is 2.90. The molecular formula is C14H12O3Se. The van der Waals surface area contributed by atoms with Gasteiger partial charge in [0.05, 0.1) is 0 Å². The predicted octanol–water partition coefficient (Wildman–Crippen LogP) is 2.93. The first-order chi connectivity index (χ1) is 8.84. The van der Waals surface area contributed by atoms with Crippen molar-refractivity contribution in [3.8, 4) is 0 Å². The molecule has 1 aliphatic rings. The maximum atomic E-state index is 11.6. The van der Waals surface area contributed by atoms with Crippen molar-refractivity contribution < 1.29 is 11.5 Å². The second-order valence-electron chi connectivity index (χ2n) is 4.06. The van der Waals surface area contributed by atoms with Crippen LogP contribution in [0.3, 0.4) is 0 Å². The molecule has 1 saturated heterocycles. The summed E-state index contributed by atoms with van der Waals surface area (Å²) < 4.78 is 22.5. The second kappa shape index (κ2) is 5.12. The molecule has 92 valence electrons. The Kier molecular flexibility index (Phi) is 3.35. The van der Waals surface area contributed by atoms with E-state index < -0.39 is 14.5 Å². The first-order valence-electron chi connectivity index (χ1n) is 5.70. The quantitative estimate of drug-likeness (QED) is 0.800. The maximum absolute atomic E-state index is 11.6. The summed E-state index contributed by atoms with van der Waals surface area (Å²) in [7, 11) is 0. The second-order valence-corrected chi connectivity index (χ2v) is 5.72. The summed E-state index contributed by atoms with van der Waals surface area (Å²) in [6, 6.07) is 19.5. The van der Waals surface area contributed by atoms with Crippen LogP contribution in [0, 0.1) is 0 Å². The molecule has 2 unspecified atom stereocenters. The van der Waals surface area contributed by atoms with Crippen LogP contribution in [-0.4, -0.2) is 14.5 Å². The van der Waals surface area contributed by atoms with E-state index in [4.69, 9.17) is 7.64 Å². The first-order valence-corrected chi connectivity index (χ1v) is 7.80. The van der Waals surface area contributed by atoms with Gasteiger partial charge in [-0.2, -0.15) is 0 Å². The van der Waals surface area contributed by atoms with Gasteiger partial charge in [0.1, 0.15) is 0 Å². The van der Waals surface area contributed by atoms with E-state index in [9.17, 15) is 3.83 Å². The molecule has 0 N–H and O–H groups in total. The molecule has 0 spiro atoms. The van der Waals surface area contributed by atoms with Gasteiger partial charge in [0.25, 0.3) is 0 Å². The zero-order valence-corrected chi connectivity index (χ0v) is 11.3. The molecule has 0 radical (unpaired) electrons. The molecular weight excluding hydrogens is 295 g/mol. The van der Waals surface area contributed by atoms with Crippen molar-refractivity contribution in [3.63, 3.8) is 0 Å². The average Bonchev–Trinajstić information content (AvgIpc) is 2.83. The Morgan fingerprint density at radius 3 is 1.50 bits per heavy atom. The monoisotopic (exact) mass is 308 g/mol. The standard InChI is InChI=1S/C14H12O3Se/c15-18-16-13(11-7-3-1-4-8-11)14(17-18)12-9-5-2-6-10-12/h1-10,13-14H. The number of hydrogen-bond donors (Lipinski definition) is 0. The van der Waals surface area contributed by atoms with Crippen molar-refractivity contribution in [2.45, 2.75) is 12.2 Å². The van der Waals surface area contributed by atoms with Gasteiger partial charge >= 0.3 is 110 Å². The number of benzene rings is 2. The zero-order valence-electron chi connectivity index (χ0n) is 9.56. The van der Waals surface area contributed by atoms with Crippen LogP contribution in [0.25, 0.3) is 0 Å². The molecule has 0 aliphatic carbocycles. The summed E-state index contributed by atoms with van der Waals surface area (Å²) in [6.07, 6.45) is -0.563. The van der Waals surface area contributed by atoms with E-state index in [1.54, 1.807) is 0 Å². The van der Waals surface area contributed by atoms with Gasteiger partial charge in [-0.15, -0.1) is 0 Å². The van der Waals surface area contributed by atoms with Gasteiger partial charge in [-0.25, -0.2) is 0 Å². The molecule has 1 fully saturated rings. The molecule has 4 heteroatoms. The van der Waals surface area contributed by atoms with Crippen molar-refractivity contribution >= 4 is 14.5 Å². The molecule has 0 aromatic heterocycles. The van der Waals surface area contributed by atoms with Crippen LogP contribution < -0.4 is 0 Å². The molecule has 0 amide bonds. The molecule has 3 rings (SSSR count). The predicted molar refractivity (Wildman–Crippen MR) is 67.0 cm³/mol. The summed E-state index contributed by atoms with van der Waals surface area (Å²) in [5, 5.41) is 0. The SMILES string of the molecule is O=[Se]1OC(c2ccccc2)C(c2ccccc2)O1. The van der Waals surface area contributed by atoms with Crippen molar-refractivity contribution in [3.05, 3.63) is 71.8 Å². The minimum atomic E-state index is -2.62. The van der Waals surface area contributed by atoms with E-state index in [1.807, 2.05) is 60.7 Å². The van der Waals surface area contributed by atoms with E-state index in [2.05, 4.69) is 0 Å². The summed E-state index contributed by atoms with van der Waals surface area (Å²) in [5.74, 6) is 0. The first kappa shape index (κ1) is 11.8. The molecule has 0 bridgehead atoms. The van der Waals surface area contributed by atoms with Gasteiger partial charge in [-0.3, -0.25) is 0 Å². The fourth-order valence-electron chi connectivity index (χ4n) is 2.04. The summed E-state index contributed by atoms with van der Waals surface area (Å²) in [6.45, 7) is 0. The van der Waals surface area contributed by atoms with Crippen LogP contribution in [-0.2, 0) is 11.5 Å². The zero-order chi connectivity index (χ0) is 12.4. The Morgan fingerprint density at radius 1 is 0.722 bits per heavy atom. The van der Waals surface area contributed by atoms with E-state index in [-0.39, 0.29) is 12.2 Å². The van der Waals surface area contributed by atoms with Gasteiger partial charge in [0.2, 0.25) is 0 Å². The molecule has 2 aromatic carbocycles. The van der Waals surface area contributed by atoms with Gasteiger partial charge in [0, 0.05) is 0 Å². The third kappa shape index (κ3) is 2.28. The molecule has 2 atom stereocenters. The van der Waals surface area contributed by atoms with Crippen LogP contribution in [0.2, 0.25) is 0 Å². The van der Waals surface area contributed by atoms with Gasteiger partial charge in [0.15, 0.2) is 0 Å². The van der Waals surface area contributed by atoms with Gasteiger partial charge in [-0.05, 0) is 0 Å². The van der Waals surface area contributed by atoms with Crippen molar-refractivity contribution in [2.75, 3.05) is 0 Å². The summed E-state index contributed by atoms with van der Waals surface area (Å²) in [4.78, 5) is 0. The molecule has 1 heterocycles.